The molecule has 13 heavy (non-hydrogen) atoms. The van der Waals surface area contributed by atoms with Crippen LogP contribution in [0.3, 0.4) is 0 Å². The molecule has 13 heteroatoms. The molecule has 0 aliphatic carbocycles. The van der Waals surface area contributed by atoms with Crippen molar-refractivity contribution in [3.05, 3.63) is 24.6 Å². The minimum Gasteiger partial charge on any atom is -3.00 e. The van der Waals surface area contributed by atoms with Crippen molar-refractivity contribution in [3.63, 3.8) is 0 Å². The van der Waals surface area contributed by atoms with Gasteiger partial charge in [-0.05, 0) is 0 Å². The van der Waals surface area contributed by atoms with Crippen molar-refractivity contribution in [3.8, 4) is 0 Å². The number of hydrogen-bond acceptors (Lipinski definition) is 0. The second-order valence-electron chi connectivity index (χ2n) is 0. The van der Waals surface area contributed by atoms with E-state index in [9.17, 15) is 0 Å². The molecule has 0 aromatic carbocycles. The molecule has 0 bridgehead atoms. The molecule has 0 amide bonds. The molecule has 0 aromatic rings. The molecule has 0 aliphatic rings. The molecule has 0 radical (unpaired) electrons. The van der Waals surface area contributed by atoms with Gasteiger partial charge in [-0.15, -0.1) is 0 Å². The minimum atomic E-state index is 0. The van der Waals surface area contributed by atoms with Gasteiger partial charge in [-0.25, -0.2) is 0 Å². The summed E-state index contributed by atoms with van der Waals surface area (Å²) in [6.07, 6.45) is 0. The van der Waals surface area contributed by atoms with Crippen molar-refractivity contribution in [2.45, 2.75) is 0 Å². The third-order valence-electron chi connectivity index (χ3n) is 0. The van der Waals surface area contributed by atoms with Crippen molar-refractivity contribution < 1.29 is 130 Å². The summed E-state index contributed by atoms with van der Waals surface area (Å²) in [5.74, 6) is 0. The van der Waals surface area contributed by atoms with Crippen LogP contribution >= 0.6 is 0 Å². The van der Waals surface area contributed by atoms with E-state index >= 15 is 0 Å². The largest absolute Gasteiger partial charge is 4.00 e. The molecule has 0 aromatic heterocycles. The second-order valence-corrected chi connectivity index (χ2v) is 0. The maximum Gasteiger partial charge on any atom is 4.00 e. The Hall–Kier alpha value is 5.92. The quantitative estimate of drug-likeness (QED) is 0.498. The first-order valence-corrected chi connectivity index (χ1v) is 0. The second kappa shape index (κ2) is 146. The fourth-order valence-electron chi connectivity index (χ4n) is 0. The Kier molecular flexibility index (Phi) is 1950. The zero-order valence-corrected chi connectivity index (χ0v) is 14.2. The van der Waals surface area contributed by atoms with Gasteiger partial charge in [-0.1, -0.05) is 0 Å². The standard InChI is InChI=1S/3Li.4N.6Ti.3H/q;;;4*-3;;;;3*+4;;;. The zero-order valence-electron chi connectivity index (χ0n) is 4.79. The van der Waals surface area contributed by atoms with E-state index in [1.165, 1.54) is 0 Å². The first-order valence-electron chi connectivity index (χ1n) is 0. The van der Waals surface area contributed by atoms with Crippen LogP contribution in [0.1, 0.15) is 0 Å². The van der Waals surface area contributed by atoms with Gasteiger partial charge in [0.25, 0.3) is 0 Å². The molecular formula is H3Li3N4Ti6. The predicted molar refractivity (Wildman–Crippen MR) is 34.9 cm³/mol. The molecular weight excluding hydrogens is 364 g/mol. The molecule has 0 fully saturated rings. The first kappa shape index (κ1) is 173. The van der Waals surface area contributed by atoms with E-state index in [2.05, 4.69) is 0 Å². The molecule has 0 atom stereocenters. The molecule has 0 saturated carbocycles. The SMILES string of the molecule is [LiH].[LiH].[LiH].[N-3].[N-3].[N-3].[N-3].[Ti+4].[Ti+4].[Ti+4].[Ti].[Ti].[Ti]. The summed E-state index contributed by atoms with van der Waals surface area (Å²) in [7, 11) is 0. The fourth-order valence-corrected chi connectivity index (χ4v) is 0. The van der Waals surface area contributed by atoms with Crippen molar-refractivity contribution in [1.82, 2.24) is 0 Å². The summed E-state index contributed by atoms with van der Waals surface area (Å²) in [6.45, 7) is 0. The average Bonchev–Trinajstić information content (AvgIpc) is 0. The summed E-state index contributed by atoms with van der Waals surface area (Å²) in [6, 6.07) is 0. The van der Waals surface area contributed by atoms with E-state index in [0.29, 0.717) is 0 Å². The Morgan fingerprint density at radius 1 is 0.308 bits per heavy atom. The van der Waals surface area contributed by atoms with E-state index in [0.717, 1.165) is 0 Å². The molecule has 0 rings (SSSR count). The molecule has 50 valence electrons. The summed E-state index contributed by atoms with van der Waals surface area (Å²) in [5, 5.41) is 0. The van der Waals surface area contributed by atoms with Gasteiger partial charge in [0.2, 0.25) is 0 Å². The van der Waals surface area contributed by atoms with Crippen LogP contribution in [0.25, 0.3) is 24.6 Å². The Balaban J connectivity index is 0. The Morgan fingerprint density at radius 2 is 0.308 bits per heavy atom. The molecule has 0 spiro atoms. The van der Waals surface area contributed by atoms with E-state index < -0.39 is 0 Å². The maximum absolute atomic E-state index is 0. The smallest absolute Gasteiger partial charge is 3.00 e. The van der Waals surface area contributed by atoms with Crippen LogP contribution in [-0.2, 0) is 130 Å². The topological polar surface area (TPSA) is 122 Å². The van der Waals surface area contributed by atoms with Gasteiger partial charge in [0.1, 0.15) is 0 Å². The molecule has 0 saturated heterocycles. The predicted octanol–water partition coefficient (Wildman–Crippen LogP) is -0.806. The van der Waals surface area contributed by atoms with Crippen LogP contribution in [-0.4, -0.2) is 56.6 Å². The Morgan fingerprint density at radius 3 is 0.308 bits per heavy atom. The molecule has 0 unspecified atom stereocenters. The van der Waals surface area contributed by atoms with Crippen LogP contribution in [0.4, 0.5) is 0 Å². The average molecular weight is 367 g/mol. The van der Waals surface area contributed by atoms with Crippen molar-refractivity contribution >= 4 is 56.6 Å². The molecule has 4 nitrogen and oxygen atoms in total. The van der Waals surface area contributed by atoms with Gasteiger partial charge in [-0.2, -0.15) is 0 Å². The third-order valence-corrected chi connectivity index (χ3v) is 0. The molecule has 0 aliphatic heterocycles. The molecule has 0 heterocycles. The number of rotatable bonds is 0. The maximum atomic E-state index is 0. The Bertz CT molecular complexity index is 19.8. The zero-order chi connectivity index (χ0) is 0. The third kappa shape index (κ3) is 130. The number of hydrogen-bond donors (Lipinski definition) is 0. The van der Waals surface area contributed by atoms with Crippen LogP contribution in [0.2, 0.25) is 0 Å². The van der Waals surface area contributed by atoms with E-state index in [-0.39, 0.29) is 211 Å². The summed E-state index contributed by atoms with van der Waals surface area (Å²) < 4.78 is 0. The van der Waals surface area contributed by atoms with Gasteiger partial charge >= 0.3 is 122 Å². The number of nitrogens with zero attached hydrogens (tertiary/aromatic N) is 4. The van der Waals surface area contributed by atoms with Crippen molar-refractivity contribution in [2.24, 2.45) is 0 Å². The summed E-state index contributed by atoms with van der Waals surface area (Å²) >= 11 is 0. The fraction of sp³-hybridized carbons (Fsp3) is 0. The summed E-state index contributed by atoms with van der Waals surface area (Å²) in [4.78, 5) is 0. The Labute approximate surface area is 207 Å². The van der Waals surface area contributed by atoms with Gasteiger partial charge < -0.3 is 24.6 Å². The van der Waals surface area contributed by atoms with E-state index in [4.69, 9.17) is 0 Å². The van der Waals surface area contributed by atoms with Gasteiger partial charge in [0.15, 0.2) is 0 Å². The summed E-state index contributed by atoms with van der Waals surface area (Å²) in [5.41, 5.74) is 0. The van der Waals surface area contributed by atoms with Crippen molar-refractivity contribution in [2.75, 3.05) is 0 Å². The van der Waals surface area contributed by atoms with Gasteiger partial charge in [0.05, 0.1) is 0 Å². The van der Waals surface area contributed by atoms with E-state index in [1.807, 2.05) is 0 Å². The van der Waals surface area contributed by atoms with Crippen LogP contribution < -0.4 is 0 Å². The minimum absolute atomic E-state index is 0. The van der Waals surface area contributed by atoms with Crippen LogP contribution in [0.5, 0.6) is 0 Å². The van der Waals surface area contributed by atoms with Crippen molar-refractivity contribution in [1.29, 1.82) is 0 Å². The first-order chi connectivity index (χ1) is 0. The van der Waals surface area contributed by atoms with Gasteiger partial charge in [0, 0.05) is 65.2 Å². The normalized spacial score (nSPS) is 0. The van der Waals surface area contributed by atoms with Crippen LogP contribution in [0, 0.1) is 0 Å². The van der Waals surface area contributed by atoms with Gasteiger partial charge in [-0.3, -0.25) is 0 Å². The monoisotopic (exact) mass is 368 g/mol. The molecule has 0 N–H and O–H groups in total. The van der Waals surface area contributed by atoms with E-state index in [1.54, 1.807) is 0 Å². The van der Waals surface area contributed by atoms with Crippen LogP contribution in [0.15, 0.2) is 0 Å².